The standard InChI is InChI=1S/C21H25N7O4/c1-14-17(12-32-19(14)30)27-9-6-21(20(27)31)4-7-26(8-5-21)11-18(29)16-3-2-15(10-22-16)28-13-23-24-25-28/h2-3,10,13,18,29H,4-9,11-12H2,1H3/t18-/m1/s1. The number of hydrogen-bond acceptors (Lipinski definition) is 9. The molecule has 5 rings (SSSR count). The zero-order valence-electron chi connectivity index (χ0n) is 17.8. The van der Waals surface area contributed by atoms with Crippen molar-refractivity contribution >= 4 is 11.9 Å². The van der Waals surface area contributed by atoms with E-state index in [1.54, 1.807) is 24.1 Å². The number of aliphatic hydroxyl groups is 1. The third-order valence-corrected chi connectivity index (χ3v) is 6.89. The second-order valence-electron chi connectivity index (χ2n) is 8.65. The van der Waals surface area contributed by atoms with E-state index in [0.717, 1.165) is 38.0 Å². The Labute approximate surface area is 184 Å². The first-order valence-corrected chi connectivity index (χ1v) is 10.8. The van der Waals surface area contributed by atoms with Crippen molar-refractivity contribution in [1.82, 2.24) is 35.0 Å². The largest absolute Gasteiger partial charge is 0.456 e. The van der Waals surface area contributed by atoms with Crippen LogP contribution >= 0.6 is 0 Å². The zero-order valence-corrected chi connectivity index (χ0v) is 17.8. The number of ether oxygens (including phenoxy) is 1. The van der Waals surface area contributed by atoms with Crippen molar-refractivity contribution in [3.63, 3.8) is 0 Å². The number of pyridine rings is 1. The first kappa shape index (κ1) is 20.7. The van der Waals surface area contributed by atoms with E-state index in [2.05, 4.69) is 25.4 Å². The molecular weight excluding hydrogens is 414 g/mol. The van der Waals surface area contributed by atoms with E-state index in [-0.39, 0.29) is 23.9 Å². The summed E-state index contributed by atoms with van der Waals surface area (Å²) < 4.78 is 6.59. The molecule has 11 heteroatoms. The van der Waals surface area contributed by atoms with Crippen LogP contribution in [0, 0.1) is 5.41 Å². The van der Waals surface area contributed by atoms with Crippen LogP contribution in [0.25, 0.3) is 5.69 Å². The topological polar surface area (TPSA) is 127 Å². The van der Waals surface area contributed by atoms with E-state index in [1.165, 1.54) is 11.0 Å². The van der Waals surface area contributed by atoms with E-state index in [0.29, 0.717) is 30.1 Å². The van der Waals surface area contributed by atoms with Gasteiger partial charge in [0, 0.05) is 13.1 Å². The number of β-amino-alcohol motifs (C(OH)–C–C–N with tert-alkyl or cyclic N) is 1. The van der Waals surface area contributed by atoms with Crippen molar-refractivity contribution in [2.75, 3.05) is 32.8 Å². The molecule has 0 saturated carbocycles. The summed E-state index contributed by atoms with van der Waals surface area (Å²) >= 11 is 0. The summed E-state index contributed by atoms with van der Waals surface area (Å²) in [6, 6.07) is 3.58. The Balaban J connectivity index is 1.18. The van der Waals surface area contributed by atoms with Gasteiger partial charge in [-0.3, -0.25) is 9.78 Å². The van der Waals surface area contributed by atoms with Crippen LogP contribution < -0.4 is 0 Å². The number of nitrogens with zero attached hydrogens (tertiary/aromatic N) is 7. The lowest BCUT2D eigenvalue weighted by Crippen LogP contribution is -2.45. The Morgan fingerprint density at radius 3 is 2.59 bits per heavy atom. The van der Waals surface area contributed by atoms with E-state index < -0.39 is 6.10 Å². The number of tetrazole rings is 1. The number of cyclic esters (lactones) is 1. The molecule has 2 aromatic heterocycles. The van der Waals surface area contributed by atoms with Gasteiger partial charge in [0.1, 0.15) is 19.0 Å². The number of carbonyl (C=O) groups is 2. The highest BCUT2D eigenvalue weighted by molar-refractivity contribution is 5.94. The summed E-state index contributed by atoms with van der Waals surface area (Å²) in [6.07, 6.45) is 4.64. The lowest BCUT2D eigenvalue weighted by molar-refractivity contribution is -0.138. The molecule has 2 aromatic rings. The summed E-state index contributed by atoms with van der Waals surface area (Å²) in [7, 11) is 0. The Morgan fingerprint density at radius 2 is 1.97 bits per heavy atom. The van der Waals surface area contributed by atoms with Crippen molar-refractivity contribution in [3.05, 3.63) is 41.6 Å². The van der Waals surface area contributed by atoms with Gasteiger partial charge in [0.2, 0.25) is 5.91 Å². The van der Waals surface area contributed by atoms with Gasteiger partial charge < -0.3 is 19.6 Å². The Hall–Kier alpha value is -3.18. The van der Waals surface area contributed by atoms with Gasteiger partial charge in [-0.15, -0.1) is 5.10 Å². The molecule has 0 radical (unpaired) electrons. The molecule has 0 aliphatic carbocycles. The van der Waals surface area contributed by atoms with Gasteiger partial charge in [0.25, 0.3) is 0 Å². The number of likely N-dealkylation sites (tertiary alicyclic amines) is 2. The summed E-state index contributed by atoms with van der Waals surface area (Å²) in [5.74, 6) is -0.234. The number of esters is 1. The molecule has 1 spiro atoms. The van der Waals surface area contributed by atoms with Gasteiger partial charge in [-0.25, -0.2) is 4.79 Å². The van der Waals surface area contributed by atoms with Gasteiger partial charge >= 0.3 is 5.97 Å². The summed E-state index contributed by atoms with van der Waals surface area (Å²) in [5.41, 5.74) is 2.17. The van der Waals surface area contributed by atoms with Crippen molar-refractivity contribution < 1.29 is 19.4 Å². The van der Waals surface area contributed by atoms with Crippen LogP contribution in [0.15, 0.2) is 35.9 Å². The lowest BCUT2D eigenvalue weighted by atomic mass is 9.77. The molecule has 5 heterocycles. The second-order valence-corrected chi connectivity index (χ2v) is 8.65. The van der Waals surface area contributed by atoms with Crippen LogP contribution in [0.2, 0.25) is 0 Å². The number of amides is 1. The first-order chi connectivity index (χ1) is 15.5. The molecular formula is C21H25N7O4. The van der Waals surface area contributed by atoms with Crippen molar-refractivity contribution in [1.29, 1.82) is 0 Å². The number of carbonyl (C=O) groups excluding carboxylic acids is 2. The fourth-order valence-corrected chi connectivity index (χ4v) is 4.80. The maximum Gasteiger partial charge on any atom is 0.336 e. The van der Waals surface area contributed by atoms with Crippen LogP contribution in [-0.4, -0.2) is 84.8 Å². The predicted molar refractivity (Wildman–Crippen MR) is 110 cm³/mol. The fourth-order valence-electron chi connectivity index (χ4n) is 4.80. The first-order valence-electron chi connectivity index (χ1n) is 10.8. The van der Waals surface area contributed by atoms with Crippen LogP contribution in [-0.2, 0) is 14.3 Å². The third-order valence-electron chi connectivity index (χ3n) is 6.89. The predicted octanol–water partition coefficient (Wildman–Crippen LogP) is 0.236. The SMILES string of the molecule is CC1=C(N2CCC3(CCN(C[C@@H](O)c4ccc(-n5cnnn5)cn4)CC3)C2=O)COC1=O. The molecule has 32 heavy (non-hydrogen) atoms. The Kier molecular flexibility index (Phi) is 5.22. The average molecular weight is 439 g/mol. The molecule has 0 unspecified atom stereocenters. The lowest BCUT2D eigenvalue weighted by Gasteiger charge is -2.38. The number of piperidine rings is 1. The van der Waals surface area contributed by atoms with Crippen LogP contribution in [0.3, 0.4) is 0 Å². The number of hydrogen-bond donors (Lipinski definition) is 1. The molecule has 1 N–H and O–H groups in total. The van der Waals surface area contributed by atoms with Crippen molar-refractivity contribution in [2.24, 2.45) is 5.41 Å². The summed E-state index contributed by atoms with van der Waals surface area (Å²) in [4.78, 5) is 33.2. The molecule has 2 fully saturated rings. The maximum atomic E-state index is 13.2. The van der Waals surface area contributed by atoms with Crippen LogP contribution in [0.5, 0.6) is 0 Å². The van der Waals surface area contributed by atoms with Crippen LogP contribution in [0.4, 0.5) is 0 Å². The van der Waals surface area contributed by atoms with Gasteiger partial charge in [-0.2, -0.15) is 4.68 Å². The van der Waals surface area contributed by atoms with Gasteiger partial charge in [-0.1, -0.05) is 0 Å². The normalized spacial score (nSPS) is 22.1. The summed E-state index contributed by atoms with van der Waals surface area (Å²) in [6.45, 7) is 4.44. The zero-order chi connectivity index (χ0) is 22.3. The number of aromatic nitrogens is 5. The molecule has 1 amide bonds. The molecule has 2 saturated heterocycles. The molecule has 3 aliphatic heterocycles. The van der Waals surface area contributed by atoms with Gasteiger partial charge in [0.05, 0.1) is 34.3 Å². The minimum absolute atomic E-state index is 0.102. The fraction of sp³-hybridized carbons (Fsp3) is 0.524. The van der Waals surface area contributed by atoms with E-state index in [4.69, 9.17) is 4.74 Å². The molecule has 11 nitrogen and oxygen atoms in total. The Bertz CT molecular complexity index is 1040. The van der Waals surface area contributed by atoms with Gasteiger partial charge in [-0.05, 0) is 61.8 Å². The minimum Gasteiger partial charge on any atom is -0.456 e. The second kappa shape index (κ2) is 8.06. The molecule has 0 aromatic carbocycles. The average Bonchev–Trinajstić information content (AvgIpc) is 3.53. The highest BCUT2D eigenvalue weighted by Gasteiger charge is 2.50. The van der Waals surface area contributed by atoms with Crippen LogP contribution in [0.1, 0.15) is 38.0 Å². The number of rotatable bonds is 5. The van der Waals surface area contributed by atoms with E-state index in [1.807, 2.05) is 6.07 Å². The molecule has 3 aliphatic rings. The quantitative estimate of drug-likeness (QED) is 0.652. The van der Waals surface area contributed by atoms with Crippen molar-refractivity contribution in [2.45, 2.75) is 32.3 Å². The van der Waals surface area contributed by atoms with Gasteiger partial charge in [0.15, 0.2) is 0 Å². The maximum absolute atomic E-state index is 13.2. The third kappa shape index (κ3) is 3.56. The summed E-state index contributed by atoms with van der Waals surface area (Å²) in [5, 5.41) is 21.7. The van der Waals surface area contributed by atoms with Crippen molar-refractivity contribution in [3.8, 4) is 5.69 Å². The van der Waals surface area contributed by atoms with E-state index in [9.17, 15) is 14.7 Å². The highest BCUT2D eigenvalue weighted by Crippen LogP contribution is 2.43. The molecule has 0 bridgehead atoms. The Morgan fingerprint density at radius 1 is 1.19 bits per heavy atom. The number of aliphatic hydroxyl groups excluding tert-OH is 1. The molecule has 1 atom stereocenters. The van der Waals surface area contributed by atoms with E-state index >= 15 is 0 Å². The smallest absolute Gasteiger partial charge is 0.336 e. The highest BCUT2D eigenvalue weighted by atomic mass is 16.5. The minimum atomic E-state index is -0.725. The molecule has 168 valence electrons. The monoisotopic (exact) mass is 439 g/mol.